The van der Waals surface area contributed by atoms with E-state index in [0.29, 0.717) is 0 Å². The molecule has 0 saturated carbocycles. The molecule has 54 heavy (non-hydrogen) atoms. The molecule has 12 rings (SSSR count). The lowest BCUT2D eigenvalue weighted by Crippen LogP contribution is -2.30. The Morgan fingerprint density at radius 1 is 0.481 bits per heavy atom. The van der Waals surface area contributed by atoms with Crippen LogP contribution in [0.4, 0.5) is 5.69 Å². The number of para-hydroxylation sites is 3. The lowest BCUT2D eigenvalue weighted by atomic mass is 9.80. The van der Waals surface area contributed by atoms with Crippen molar-refractivity contribution in [2.45, 2.75) is 19.4 Å². The molecular weight excluding hydrogens is 655 g/mol. The molecule has 2 unspecified atom stereocenters. The number of fused-ring (bicyclic) bond motifs is 12. The standard InChI is InChI=1S/C51H35N3/c1-2-36-49(35-20-14-19-32(27-35)31-15-4-3-5-16-31)52-42-24-11-8-22-38(42)50(36)54-44-26-13-10-23-39(44)47-46(54)30-40-37-21-9-12-25-43(37)53-45-29-34-18-7-6-17-33(34)28-41(45)48(47)51(40)53/h3-30,36,50H,2H2,1H3. The Labute approximate surface area is 312 Å². The summed E-state index contributed by atoms with van der Waals surface area (Å²) in [6.45, 7) is 2.34. The van der Waals surface area contributed by atoms with Crippen LogP contribution in [0, 0.1) is 5.92 Å². The summed E-state index contributed by atoms with van der Waals surface area (Å²) in [6, 6.07) is 62.8. The summed E-state index contributed by atoms with van der Waals surface area (Å²) in [5.74, 6) is 0.145. The number of rotatable bonds is 4. The Morgan fingerprint density at radius 3 is 2.02 bits per heavy atom. The van der Waals surface area contributed by atoms with Gasteiger partial charge >= 0.3 is 0 Å². The molecule has 0 spiro atoms. The van der Waals surface area contributed by atoms with Crippen LogP contribution in [-0.2, 0) is 0 Å². The zero-order valence-corrected chi connectivity index (χ0v) is 29.9. The van der Waals surface area contributed by atoms with E-state index in [2.05, 4.69) is 186 Å². The van der Waals surface area contributed by atoms with Gasteiger partial charge in [-0.3, -0.25) is 4.99 Å². The second-order valence-corrected chi connectivity index (χ2v) is 15.0. The van der Waals surface area contributed by atoms with Gasteiger partial charge in [0.1, 0.15) is 0 Å². The normalized spacial score (nSPS) is 16.1. The van der Waals surface area contributed by atoms with Gasteiger partial charge in [0, 0.05) is 49.3 Å². The van der Waals surface area contributed by atoms with Gasteiger partial charge in [0.05, 0.1) is 39.5 Å². The highest BCUT2D eigenvalue weighted by Crippen LogP contribution is 2.51. The van der Waals surface area contributed by atoms with Crippen molar-refractivity contribution in [2.24, 2.45) is 10.9 Å². The number of hydrogen-bond donors (Lipinski definition) is 0. The Kier molecular flexibility index (Phi) is 6.16. The average Bonchev–Trinajstić information content (AvgIpc) is 3.86. The maximum absolute atomic E-state index is 5.51. The number of aliphatic imine (C=N–C) groups is 1. The molecule has 1 aliphatic rings. The second-order valence-electron chi connectivity index (χ2n) is 15.0. The highest BCUT2D eigenvalue weighted by atomic mass is 15.0. The Balaban J connectivity index is 1.21. The zero-order chi connectivity index (χ0) is 35.5. The summed E-state index contributed by atoms with van der Waals surface area (Å²) >= 11 is 0. The van der Waals surface area contributed by atoms with Crippen LogP contribution in [0.25, 0.3) is 81.8 Å². The van der Waals surface area contributed by atoms with Gasteiger partial charge < -0.3 is 8.97 Å². The fourth-order valence-corrected chi connectivity index (χ4v) is 9.95. The lowest BCUT2D eigenvalue weighted by Gasteiger charge is -2.35. The van der Waals surface area contributed by atoms with Crippen LogP contribution in [0.2, 0.25) is 0 Å². The molecule has 0 bridgehead atoms. The smallest absolute Gasteiger partial charge is 0.0696 e. The second kappa shape index (κ2) is 11.1. The fourth-order valence-electron chi connectivity index (χ4n) is 9.95. The van der Waals surface area contributed by atoms with Crippen LogP contribution in [0.1, 0.15) is 30.5 Å². The van der Waals surface area contributed by atoms with Crippen LogP contribution in [0.3, 0.4) is 0 Å². The monoisotopic (exact) mass is 689 g/mol. The van der Waals surface area contributed by atoms with E-state index in [-0.39, 0.29) is 12.0 Å². The molecule has 3 nitrogen and oxygen atoms in total. The minimum Gasteiger partial charge on any atom is -0.332 e. The van der Waals surface area contributed by atoms with Gasteiger partial charge in [-0.15, -0.1) is 0 Å². The van der Waals surface area contributed by atoms with Gasteiger partial charge in [-0.2, -0.15) is 0 Å². The third-order valence-electron chi connectivity index (χ3n) is 12.2. The van der Waals surface area contributed by atoms with E-state index >= 15 is 0 Å². The molecule has 0 radical (unpaired) electrons. The van der Waals surface area contributed by atoms with Crippen molar-refractivity contribution in [3.05, 3.63) is 181 Å². The molecule has 3 aromatic heterocycles. The van der Waals surface area contributed by atoms with E-state index in [0.717, 1.165) is 17.8 Å². The van der Waals surface area contributed by atoms with Crippen molar-refractivity contribution in [2.75, 3.05) is 0 Å². The minimum atomic E-state index is 0.0389. The average molecular weight is 690 g/mol. The van der Waals surface area contributed by atoms with Gasteiger partial charge in [-0.25, -0.2) is 0 Å². The topological polar surface area (TPSA) is 21.7 Å². The highest BCUT2D eigenvalue weighted by molar-refractivity contribution is 6.36. The fraction of sp³-hybridized carbons (Fsp3) is 0.0784. The van der Waals surface area contributed by atoms with Crippen LogP contribution >= 0.6 is 0 Å². The Hall–Kier alpha value is -6.71. The SMILES string of the molecule is CCC1C(c2cccc(-c3ccccc3)c2)=Nc2ccccc2C1n1c2ccccc2c2c3c4cc5ccccc5cc4n4c5ccccc5c(cc21)c34. The van der Waals surface area contributed by atoms with E-state index in [4.69, 9.17) is 4.99 Å². The molecular formula is C51H35N3. The van der Waals surface area contributed by atoms with E-state index < -0.39 is 0 Å². The van der Waals surface area contributed by atoms with Gasteiger partial charge in [-0.1, -0.05) is 134 Å². The van der Waals surface area contributed by atoms with Crippen molar-refractivity contribution >= 4 is 82.1 Å². The number of nitrogens with zero attached hydrogens (tertiary/aromatic N) is 3. The lowest BCUT2D eigenvalue weighted by molar-refractivity contribution is 0.473. The van der Waals surface area contributed by atoms with E-state index in [9.17, 15) is 0 Å². The molecule has 254 valence electrons. The maximum atomic E-state index is 5.51. The third kappa shape index (κ3) is 3.99. The molecule has 0 amide bonds. The van der Waals surface area contributed by atoms with Crippen LogP contribution in [0.5, 0.6) is 0 Å². The van der Waals surface area contributed by atoms with Crippen LogP contribution in [-0.4, -0.2) is 14.7 Å². The predicted molar refractivity (Wildman–Crippen MR) is 228 cm³/mol. The first-order chi connectivity index (χ1) is 26.8. The molecule has 0 N–H and O–H groups in total. The predicted octanol–water partition coefficient (Wildman–Crippen LogP) is 13.5. The summed E-state index contributed by atoms with van der Waals surface area (Å²) in [5, 5.41) is 10.4. The van der Waals surface area contributed by atoms with Gasteiger partial charge in [-0.05, 0) is 76.3 Å². The van der Waals surface area contributed by atoms with Crippen molar-refractivity contribution in [3.8, 4) is 11.1 Å². The molecule has 0 fully saturated rings. The number of hydrogen-bond acceptors (Lipinski definition) is 1. The summed E-state index contributed by atoms with van der Waals surface area (Å²) in [6.07, 6.45) is 0.949. The molecule has 4 heterocycles. The molecule has 1 aliphatic heterocycles. The summed E-state index contributed by atoms with van der Waals surface area (Å²) in [7, 11) is 0. The molecule has 8 aromatic carbocycles. The van der Waals surface area contributed by atoms with E-state index in [1.54, 1.807) is 0 Å². The Bertz CT molecular complexity index is 3320. The number of benzene rings is 8. The molecule has 0 saturated heterocycles. The zero-order valence-electron chi connectivity index (χ0n) is 29.9. The van der Waals surface area contributed by atoms with Crippen molar-refractivity contribution in [3.63, 3.8) is 0 Å². The van der Waals surface area contributed by atoms with Crippen LogP contribution in [0.15, 0.2) is 175 Å². The number of aromatic nitrogens is 2. The first kappa shape index (κ1) is 29.8. The van der Waals surface area contributed by atoms with Crippen LogP contribution < -0.4 is 0 Å². The van der Waals surface area contributed by atoms with Gasteiger partial charge in [0.25, 0.3) is 0 Å². The van der Waals surface area contributed by atoms with Crippen molar-refractivity contribution in [1.29, 1.82) is 0 Å². The third-order valence-corrected chi connectivity index (χ3v) is 12.2. The molecule has 2 atom stereocenters. The van der Waals surface area contributed by atoms with Gasteiger partial charge in [0.2, 0.25) is 0 Å². The maximum Gasteiger partial charge on any atom is 0.0696 e. The quantitative estimate of drug-likeness (QED) is 0.175. The summed E-state index contributed by atoms with van der Waals surface area (Å²) in [4.78, 5) is 5.51. The summed E-state index contributed by atoms with van der Waals surface area (Å²) < 4.78 is 5.22. The Morgan fingerprint density at radius 2 is 1.17 bits per heavy atom. The van der Waals surface area contributed by atoms with E-state index in [1.165, 1.54) is 92.9 Å². The molecule has 0 aliphatic carbocycles. The summed E-state index contributed by atoms with van der Waals surface area (Å²) in [5.41, 5.74) is 13.5. The largest absolute Gasteiger partial charge is 0.332 e. The first-order valence-electron chi connectivity index (χ1n) is 19.1. The van der Waals surface area contributed by atoms with E-state index in [1.807, 2.05) is 0 Å². The highest BCUT2D eigenvalue weighted by Gasteiger charge is 2.36. The van der Waals surface area contributed by atoms with Gasteiger partial charge in [0.15, 0.2) is 0 Å². The first-order valence-corrected chi connectivity index (χ1v) is 19.1. The molecule has 3 heteroatoms. The van der Waals surface area contributed by atoms with Crippen molar-refractivity contribution < 1.29 is 0 Å². The minimum absolute atomic E-state index is 0.0389. The molecule has 11 aromatic rings. The van der Waals surface area contributed by atoms with Crippen molar-refractivity contribution in [1.82, 2.24) is 8.97 Å².